The summed E-state index contributed by atoms with van der Waals surface area (Å²) in [6.45, 7) is 1.76. The van der Waals surface area contributed by atoms with E-state index in [1.54, 1.807) is 43.3 Å². The fourth-order valence-corrected chi connectivity index (χ4v) is 2.06. The van der Waals surface area contributed by atoms with Crippen LogP contribution in [0.5, 0.6) is 5.75 Å². The van der Waals surface area contributed by atoms with Crippen LogP contribution < -0.4 is 11.1 Å². The summed E-state index contributed by atoms with van der Waals surface area (Å²) in [6, 6.07) is 9.20. The van der Waals surface area contributed by atoms with Crippen LogP contribution in [0.2, 0.25) is 5.15 Å². The highest BCUT2D eigenvalue weighted by Gasteiger charge is 2.15. The third-order valence-corrected chi connectivity index (χ3v) is 3.25. The number of anilines is 1. The number of nitrogens with two attached hydrogens (primary N) is 1. The number of rotatable bonds is 4. The van der Waals surface area contributed by atoms with Crippen LogP contribution in [0.4, 0.5) is 5.69 Å². The first kappa shape index (κ1) is 15.3. The number of hydrogen-bond donors (Lipinski definition) is 3. The van der Waals surface area contributed by atoms with E-state index in [0.29, 0.717) is 23.0 Å². The summed E-state index contributed by atoms with van der Waals surface area (Å²) in [6.07, 6.45) is 0.381. The summed E-state index contributed by atoms with van der Waals surface area (Å²) >= 11 is 5.77. The van der Waals surface area contributed by atoms with Crippen LogP contribution in [0, 0.1) is 6.92 Å². The highest BCUT2D eigenvalue weighted by atomic mass is 35.5. The Hall–Kier alpha value is -2.11. The topological polar surface area (TPSA) is 88.2 Å². The number of carbonyl (C=O) groups is 1. The van der Waals surface area contributed by atoms with Crippen LogP contribution >= 0.6 is 11.6 Å². The van der Waals surface area contributed by atoms with Crippen LogP contribution in [0.15, 0.2) is 36.4 Å². The largest absolute Gasteiger partial charge is 0.508 e. The van der Waals surface area contributed by atoms with Crippen LogP contribution in [0.1, 0.15) is 11.3 Å². The smallest absolute Gasteiger partial charge is 0.241 e. The predicted octanol–water partition coefficient (Wildman–Crippen LogP) is 2.26. The SMILES string of the molecule is Cc1nc(Cl)ccc1NC(=O)[C@H](N)Cc1ccc(O)cc1. The molecule has 1 heterocycles. The van der Waals surface area contributed by atoms with Gasteiger partial charge in [-0.15, -0.1) is 0 Å². The summed E-state index contributed by atoms with van der Waals surface area (Å²) in [5, 5.41) is 12.3. The summed E-state index contributed by atoms with van der Waals surface area (Å²) in [5.41, 5.74) is 7.99. The minimum absolute atomic E-state index is 0.180. The molecule has 2 aromatic rings. The molecule has 0 unspecified atom stereocenters. The molecule has 0 radical (unpaired) electrons. The molecule has 6 heteroatoms. The van der Waals surface area contributed by atoms with Crippen molar-refractivity contribution in [3.05, 3.63) is 52.8 Å². The monoisotopic (exact) mass is 305 g/mol. The number of pyridine rings is 1. The Kier molecular flexibility index (Phi) is 4.77. The first-order chi connectivity index (χ1) is 9.95. The number of nitrogens with zero attached hydrogens (tertiary/aromatic N) is 1. The number of phenolic OH excluding ortho intramolecular Hbond substituents is 1. The number of halogens is 1. The molecule has 21 heavy (non-hydrogen) atoms. The van der Waals surface area contributed by atoms with Crippen molar-refractivity contribution in [1.82, 2.24) is 4.98 Å². The maximum absolute atomic E-state index is 12.1. The van der Waals surface area contributed by atoms with E-state index in [9.17, 15) is 9.90 Å². The number of nitrogens with one attached hydrogen (secondary N) is 1. The molecule has 1 aromatic carbocycles. The van der Waals surface area contributed by atoms with E-state index >= 15 is 0 Å². The third-order valence-electron chi connectivity index (χ3n) is 3.04. The van der Waals surface area contributed by atoms with Gasteiger partial charge in [0.05, 0.1) is 17.4 Å². The zero-order valence-corrected chi connectivity index (χ0v) is 12.3. The molecule has 0 aliphatic carbocycles. The summed E-state index contributed by atoms with van der Waals surface area (Å²) in [7, 11) is 0. The van der Waals surface area contributed by atoms with Gasteiger partial charge < -0.3 is 16.2 Å². The van der Waals surface area contributed by atoms with Gasteiger partial charge in [0.1, 0.15) is 10.9 Å². The van der Waals surface area contributed by atoms with Gasteiger partial charge in [-0.25, -0.2) is 4.98 Å². The predicted molar refractivity (Wildman–Crippen MR) is 82.4 cm³/mol. The van der Waals surface area contributed by atoms with Crippen molar-refractivity contribution in [1.29, 1.82) is 0 Å². The molecule has 0 aliphatic heterocycles. The van der Waals surface area contributed by atoms with Crippen molar-refractivity contribution in [2.45, 2.75) is 19.4 Å². The molecule has 0 saturated carbocycles. The fraction of sp³-hybridized carbons (Fsp3) is 0.200. The van der Waals surface area contributed by atoms with Gasteiger partial charge in [0.25, 0.3) is 0 Å². The molecule has 110 valence electrons. The normalized spacial score (nSPS) is 12.0. The number of aromatic nitrogens is 1. The van der Waals surface area contributed by atoms with Gasteiger partial charge in [0, 0.05) is 0 Å². The lowest BCUT2D eigenvalue weighted by molar-refractivity contribution is -0.117. The Balaban J connectivity index is 2.00. The van der Waals surface area contributed by atoms with Crippen LogP contribution in [-0.4, -0.2) is 22.0 Å². The van der Waals surface area contributed by atoms with E-state index in [1.807, 2.05) is 0 Å². The average molecular weight is 306 g/mol. The van der Waals surface area contributed by atoms with E-state index in [4.69, 9.17) is 17.3 Å². The second-order valence-corrected chi connectivity index (χ2v) is 5.12. The molecule has 0 fully saturated rings. The Morgan fingerprint density at radius 3 is 2.62 bits per heavy atom. The highest BCUT2D eigenvalue weighted by molar-refractivity contribution is 6.29. The number of aryl methyl sites for hydroxylation is 1. The van der Waals surface area contributed by atoms with E-state index in [1.165, 1.54) is 0 Å². The molecular weight excluding hydrogens is 290 g/mol. The Morgan fingerprint density at radius 2 is 2.00 bits per heavy atom. The minimum Gasteiger partial charge on any atom is -0.508 e. The van der Waals surface area contributed by atoms with E-state index in [0.717, 1.165) is 5.56 Å². The number of hydrogen-bond acceptors (Lipinski definition) is 4. The van der Waals surface area contributed by atoms with Crippen molar-refractivity contribution in [2.24, 2.45) is 5.73 Å². The molecule has 4 N–H and O–H groups in total. The zero-order valence-electron chi connectivity index (χ0n) is 11.5. The lowest BCUT2D eigenvalue weighted by atomic mass is 10.1. The van der Waals surface area contributed by atoms with E-state index < -0.39 is 6.04 Å². The van der Waals surface area contributed by atoms with Gasteiger partial charge in [-0.2, -0.15) is 0 Å². The second kappa shape index (κ2) is 6.56. The molecule has 0 aliphatic rings. The molecule has 1 aromatic heterocycles. The zero-order chi connectivity index (χ0) is 15.4. The molecule has 0 spiro atoms. The maximum atomic E-state index is 12.1. The first-order valence-electron chi connectivity index (χ1n) is 6.43. The number of carbonyl (C=O) groups excluding carboxylic acids is 1. The number of amides is 1. The summed E-state index contributed by atoms with van der Waals surface area (Å²) < 4.78 is 0. The minimum atomic E-state index is -0.690. The first-order valence-corrected chi connectivity index (χ1v) is 6.81. The van der Waals surface area contributed by atoms with Gasteiger partial charge in [-0.05, 0) is 43.2 Å². The maximum Gasteiger partial charge on any atom is 0.241 e. The molecule has 1 atom stereocenters. The molecule has 1 amide bonds. The highest BCUT2D eigenvalue weighted by Crippen LogP contribution is 2.16. The Morgan fingerprint density at radius 1 is 1.33 bits per heavy atom. The number of benzene rings is 1. The summed E-state index contributed by atoms with van der Waals surface area (Å²) in [5.74, 6) is -0.116. The van der Waals surface area contributed by atoms with E-state index in [2.05, 4.69) is 10.3 Å². The third kappa shape index (κ3) is 4.18. The summed E-state index contributed by atoms with van der Waals surface area (Å²) in [4.78, 5) is 16.1. The van der Waals surface area contributed by atoms with Gasteiger partial charge in [-0.1, -0.05) is 23.7 Å². The van der Waals surface area contributed by atoms with Gasteiger partial charge in [0.2, 0.25) is 5.91 Å². The lowest BCUT2D eigenvalue weighted by Gasteiger charge is -2.13. The molecule has 2 rings (SSSR count). The van der Waals surface area contributed by atoms with Gasteiger partial charge in [0.15, 0.2) is 0 Å². The Labute approximate surface area is 127 Å². The number of aromatic hydroxyl groups is 1. The van der Waals surface area contributed by atoms with Crippen molar-refractivity contribution in [3.8, 4) is 5.75 Å². The molecule has 5 nitrogen and oxygen atoms in total. The molecule has 0 bridgehead atoms. The lowest BCUT2D eigenvalue weighted by Crippen LogP contribution is -2.37. The quantitative estimate of drug-likeness (QED) is 0.756. The van der Waals surface area contributed by atoms with Gasteiger partial charge >= 0.3 is 0 Å². The molecule has 0 saturated heterocycles. The van der Waals surface area contributed by atoms with Crippen LogP contribution in [0.25, 0.3) is 0 Å². The van der Waals surface area contributed by atoms with Crippen LogP contribution in [0.3, 0.4) is 0 Å². The molecular formula is C15H16ClN3O2. The van der Waals surface area contributed by atoms with Crippen molar-refractivity contribution in [2.75, 3.05) is 5.32 Å². The van der Waals surface area contributed by atoms with E-state index in [-0.39, 0.29) is 11.7 Å². The Bertz CT molecular complexity index is 644. The number of phenols is 1. The van der Waals surface area contributed by atoms with Crippen molar-refractivity contribution >= 4 is 23.2 Å². The van der Waals surface area contributed by atoms with Crippen molar-refractivity contribution < 1.29 is 9.90 Å². The van der Waals surface area contributed by atoms with Crippen molar-refractivity contribution in [3.63, 3.8) is 0 Å². The van der Waals surface area contributed by atoms with Gasteiger partial charge in [-0.3, -0.25) is 4.79 Å². The second-order valence-electron chi connectivity index (χ2n) is 4.73. The standard InChI is InChI=1S/C15H16ClN3O2/c1-9-13(6-7-14(16)18-9)19-15(21)12(17)8-10-2-4-11(20)5-3-10/h2-7,12,20H,8,17H2,1H3,(H,19,21)/t12-/m1/s1. The fourth-order valence-electron chi connectivity index (χ4n) is 1.87. The van der Waals surface area contributed by atoms with Crippen LogP contribution in [-0.2, 0) is 11.2 Å². The average Bonchev–Trinajstić information content (AvgIpc) is 2.44.